The summed E-state index contributed by atoms with van der Waals surface area (Å²) in [6.45, 7) is 5.20. The summed E-state index contributed by atoms with van der Waals surface area (Å²) < 4.78 is 23.8. The number of amides is 1. The van der Waals surface area contributed by atoms with Crippen molar-refractivity contribution in [3.05, 3.63) is 27.7 Å². The average molecular weight is 395 g/mol. The molecule has 1 saturated heterocycles. The van der Waals surface area contributed by atoms with Crippen molar-refractivity contribution >= 4 is 41.6 Å². The first kappa shape index (κ1) is 16.8. The maximum atomic E-state index is 12.5. The van der Waals surface area contributed by atoms with Crippen molar-refractivity contribution in [1.82, 2.24) is 4.90 Å². The van der Waals surface area contributed by atoms with Crippen LogP contribution in [-0.2, 0) is 9.05 Å². The van der Waals surface area contributed by atoms with Gasteiger partial charge in [-0.15, -0.1) is 0 Å². The molecule has 1 aliphatic heterocycles. The van der Waals surface area contributed by atoms with E-state index in [0.29, 0.717) is 28.1 Å². The Balaban J connectivity index is 2.37. The van der Waals surface area contributed by atoms with Crippen molar-refractivity contribution in [3.8, 4) is 0 Å². The molecule has 1 heterocycles. The molecule has 0 aliphatic carbocycles. The lowest BCUT2D eigenvalue weighted by atomic mass is 10.1. The molecule has 0 N–H and O–H groups in total. The highest BCUT2D eigenvalue weighted by Crippen LogP contribution is 2.29. The van der Waals surface area contributed by atoms with E-state index in [1.165, 1.54) is 6.07 Å². The van der Waals surface area contributed by atoms with Crippen LogP contribution < -0.4 is 0 Å². The Labute approximate surface area is 138 Å². The highest BCUT2D eigenvalue weighted by Gasteiger charge is 2.27. The number of benzene rings is 1. The van der Waals surface area contributed by atoms with E-state index in [-0.39, 0.29) is 10.8 Å². The van der Waals surface area contributed by atoms with Crippen LogP contribution in [-0.4, -0.2) is 32.3 Å². The summed E-state index contributed by atoms with van der Waals surface area (Å²) in [7, 11) is 1.56. The Morgan fingerprint density at radius 1 is 1.48 bits per heavy atom. The molecule has 1 atom stereocenters. The number of nitrogens with zero attached hydrogens (tertiary/aromatic N) is 1. The second-order valence-corrected chi connectivity index (χ2v) is 8.72. The SMILES string of the molecule is CCC1CCN(C(=O)c2cc(Br)c(C)c(S(=O)(=O)Cl)c2)C1. The minimum atomic E-state index is -3.88. The van der Waals surface area contributed by atoms with Gasteiger partial charge >= 0.3 is 0 Å². The van der Waals surface area contributed by atoms with Gasteiger partial charge < -0.3 is 4.90 Å². The lowest BCUT2D eigenvalue weighted by Gasteiger charge is -2.17. The molecule has 0 spiro atoms. The van der Waals surface area contributed by atoms with Crippen LogP contribution in [0.25, 0.3) is 0 Å². The van der Waals surface area contributed by atoms with Gasteiger partial charge in [-0.25, -0.2) is 8.42 Å². The molecule has 21 heavy (non-hydrogen) atoms. The van der Waals surface area contributed by atoms with E-state index < -0.39 is 9.05 Å². The Kier molecular flexibility index (Phi) is 5.00. The fourth-order valence-electron chi connectivity index (χ4n) is 2.56. The lowest BCUT2D eigenvalue weighted by molar-refractivity contribution is 0.0786. The molecule has 2 rings (SSSR count). The van der Waals surface area contributed by atoms with E-state index in [1.54, 1.807) is 17.9 Å². The van der Waals surface area contributed by atoms with Gasteiger partial charge in [-0.1, -0.05) is 29.3 Å². The summed E-state index contributed by atoms with van der Waals surface area (Å²) in [5, 5.41) is 0. The normalized spacial score (nSPS) is 19.0. The standard InChI is InChI=1S/C14H17BrClNO3S/c1-3-10-4-5-17(8-10)14(18)11-6-12(15)9(2)13(7-11)21(16,19)20/h6-7,10H,3-5,8H2,1-2H3. The fraction of sp³-hybridized carbons (Fsp3) is 0.500. The number of likely N-dealkylation sites (tertiary alicyclic amines) is 1. The van der Waals surface area contributed by atoms with Crippen LogP contribution in [0.1, 0.15) is 35.7 Å². The van der Waals surface area contributed by atoms with Gasteiger partial charge in [-0.2, -0.15) is 0 Å². The molecule has 1 amide bonds. The van der Waals surface area contributed by atoms with Gasteiger partial charge in [0.25, 0.3) is 15.0 Å². The molecular weight excluding hydrogens is 378 g/mol. The van der Waals surface area contributed by atoms with Crippen molar-refractivity contribution in [3.63, 3.8) is 0 Å². The first-order chi connectivity index (χ1) is 9.74. The smallest absolute Gasteiger partial charge is 0.261 e. The van der Waals surface area contributed by atoms with E-state index in [4.69, 9.17) is 10.7 Å². The van der Waals surface area contributed by atoms with Crippen LogP contribution in [0.2, 0.25) is 0 Å². The third kappa shape index (κ3) is 3.60. The number of carbonyl (C=O) groups is 1. The molecule has 0 saturated carbocycles. The van der Waals surface area contributed by atoms with Crippen molar-refractivity contribution < 1.29 is 13.2 Å². The number of halogens is 2. The highest BCUT2D eigenvalue weighted by molar-refractivity contribution is 9.10. The third-order valence-electron chi connectivity index (χ3n) is 3.96. The van der Waals surface area contributed by atoms with Crippen LogP contribution in [0.3, 0.4) is 0 Å². The Bertz CT molecular complexity index is 675. The first-order valence-corrected chi connectivity index (χ1v) is 9.88. The number of carbonyl (C=O) groups excluding carboxylic acids is 1. The van der Waals surface area contributed by atoms with Gasteiger partial charge in [0, 0.05) is 33.8 Å². The molecule has 1 aliphatic rings. The molecule has 1 fully saturated rings. The summed E-state index contributed by atoms with van der Waals surface area (Å²) in [6.07, 6.45) is 2.04. The van der Waals surface area contributed by atoms with Gasteiger partial charge in [-0.05, 0) is 37.0 Å². The van der Waals surface area contributed by atoms with Crippen molar-refractivity contribution in [1.29, 1.82) is 0 Å². The minimum Gasteiger partial charge on any atom is -0.338 e. The summed E-state index contributed by atoms with van der Waals surface area (Å²) >= 11 is 3.30. The summed E-state index contributed by atoms with van der Waals surface area (Å²) in [5.41, 5.74) is 0.859. The lowest BCUT2D eigenvalue weighted by Crippen LogP contribution is -2.28. The van der Waals surface area contributed by atoms with Gasteiger partial charge in [0.1, 0.15) is 0 Å². The third-order valence-corrected chi connectivity index (χ3v) is 6.23. The average Bonchev–Trinajstić information content (AvgIpc) is 2.88. The molecule has 0 radical (unpaired) electrons. The number of rotatable bonds is 3. The summed E-state index contributed by atoms with van der Waals surface area (Å²) in [6, 6.07) is 3.02. The van der Waals surface area contributed by atoms with Crippen LogP contribution in [0.5, 0.6) is 0 Å². The maximum absolute atomic E-state index is 12.5. The Hall–Kier alpha value is -0.590. The number of hydrogen-bond donors (Lipinski definition) is 0. The summed E-state index contributed by atoms with van der Waals surface area (Å²) in [4.78, 5) is 14.3. The van der Waals surface area contributed by atoms with Crippen molar-refractivity contribution in [2.24, 2.45) is 5.92 Å². The van der Waals surface area contributed by atoms with Crippen molar-refractivity contribution in [2.75, 3.05) is 13.1 Å². The van der Waals surface area contributed by atoms with Crippen LogP contribution in [0.4, 0.5) is 0 Å². The first-order valence-electron chi connectivity index (χ1n) is 6.78. The minimum absolute atomic E-state index is 0.0202. The fourth-order valence-corrected chi connectivity index (χ4v) is 4.38. The second kappa shape index (κ2) is 6.26. The van der Waals surface area contributed by atoms with E-state index in [2.05, 4.69) is 22.9 Å². The maximum Gasteiger partial charge on any atom is 0.261 e. The molecule has 116 valence electrons. The molecule has 7 heteroatoms. The quantitative estimate of drug-likeness (QED) is 0.737. The zero-order valence-electron chi connectivity index (χ0n) is 11.9. The van der Waals surface area contributed by atoms with E-state index >= 15 is 0 Å². The highest BCUT2D eigenvalue weighted by atomic mass is 79.9. The second-order valence-electron chi connectivity index (χ2n) is 5.33. The topological polar surface area (TPSA) is 54.5 Å². The molecule has 0 aromatic heterocycles. The van der Waals surface area contributed by atoms with Gasteiger partial charge in [0.2, 0.25) is 0 Å². The molecule has 1 aromatic carbocycles. The van der Waals surface area contributed by atoms with Crippen molar-refractivity contribution in [2.45, 2.75) is 31.6 Å². The molecule has 0 bridgehead atoms. The van der Waals surface area contributed by atoms with Gasteiger partial charge in [0.05, 0.1) is 4.90 Å². The largest absolute Gasteiger partial charge is 0.338 e. The predicted molar refractivity (Wildman–Crippen MR) is 86.2 cm³/mol. The summed E-state index contributed by atoms with van der Waals surface area (Å²) in [5.74, 6) is 0.382. The molecule has 1 unspecified atom stereocenters. The van der Waals surface area contributed by atoms with Gasteiger partial charge in [0.15, 0.2) is 0 Å². The zero-order chi connectivity index (χ0) is 15.8. The van der Waals surface area contributed by atoms with Crippen LogP contribution in [0.15, 0.2) is 21.5 Å². The monoisotopic (exact) mass is 393 g/mol. The molecule has 4 nitrogen and oxygen atoms in total. The molecular formula is C14H17BrClNO3S. The Morgan fingerprint density at radius 3 is 2.67 bits per heavy atom. The van der Waals surface area contributed by atoms with Crippen LogP contribution >= 0.6 is 26.6 Å². The molecule has 1 aromatic rings. The van der Waals surface area contributed by atoms with E-state index in [9.17, 15) is 13.2 Å². The van der Waals surface area contributed by atoms with E-state index in [1.807, 2.05) is 0 Å². The Morgan fingerprint density at radius 2 is 2.14 bits per heavy atom. The van der Waals surface area contributed by atoms with E-state index in [0.717, 1.165) is 19.4 Å². The van der Waals surface area contributed by atoms with Gasteiger partial charge in [-0.3, -0.25) is 4.79 Å². The predicted octanol–water partition coefficient (Wildman–Crippen LogP) is 3.56. The van der Waals surface area contributed by atoms with Crippen LogP contribution in [0, 0.1) is 12.8 Å². The zero-order valence-corrected chi connectivity index (χ0v) is 15.1. The number of hydrogen-bond acceptors (Lipinski definition) is 3.